The maximum Gasteiger partial charge on any atom is 0.269 e. The minimum absolute atomic E-state index is 0. The van der Waals surface area contributed by atoms with Gasteiger partial charge in [-0.3, -0.25) is 9.78 Å². The Bertz CT molecular complexity index is 568. The summed E-state index contributed by atoms with van der Waals surface area (Å²) in [6.45, 7) is 0.616. The van der Waals surface area contributed by atoms with E-state index in [9.17, 15) is 13.6 Å². The zero-order valence-corrected chi connectivity index (χ0v) is 14.1. The second kappa shape index (κ2) is 9.48. The predicted octanol–water partition coefficient (Wildman–Crippen LogP) is 1.90. The predicted molar refractivity (Wildman–Crippen MR) is 89.7 cm³/mol. The Hall–Kier alpha value is -1.80. The number of aromatic nitrogens is 2. The Kier molecular flexibility index (Phi) is 8.00. The zero-order valence-electron chi connectivity index (χ0n) is 13.3. The normalized spacial score (nSPS) is 15.6. The van der Waals surface area contributed by atoms with Crippen molar-refractivity contribution >= 4 is 24.1 Å². The van der Waals surface area contributed by atoms with Crippen LogP contribution in [0.1, 0.15) is 31.4 Å². The zero-order chi connectivity index (χ0) is 16.8. The third kappa shape index (κ3) is 5.68. The van der Waals surface area contributed by atoms with Gasteiger partial charge in [0.2, 0.25) is 5.91 Å². The number of nitrogens with two attached hydrogens (primary N) is 2. The number of amides is 1. The molecule has 1 fully saturated rings. The van der Waals surface area contributed by atoms with Crippen LogP contribution in [0.3, 0.4) is 0 Å². The van der Waals surface area contributed by atoms with Crippen molar-refractivity contribution < 1.29 is 13.6 Å². The molecule has 9 heteroatoms. The number of aryl methyl sites for hydroxylation is 1. The molecule has 2 rings (SSSR count). The summed E-state index contributed by atoms with van der Waals surface area (Å²) in [5.74, 6) is 0.190. The van der Waals surface area contributed by atoms with Crippen LogP contribution in [-0.4, -0.2) is 39.9 Å². The first-order valence-electron chi connectivity index (χ1n) is 7.61. The summed E-state index contributed by atoms with van der Waals surface area (Å²) in [6.07, 6.45) is 3.80. The minimum Gasteiger partial charge on any atom is -0.382 e. The van der Waals surface area contributed by atoms with E-state index in [0.717, 1.165) is 5.69 Å². The van der Waals surface area contributed by atoms with Crippen molar-refractivity contribution in [2.45, 2.75) is 38.1 Å². The van der Waals surface area contributed by atoms with E-state index < -0.39 is 12.1 Å². The molecule has 0 aromatic carbocycles. The largest absolute Gasteiger partial charge is 0.382 e. The van der Waals surface area contributed by atoms with Crippen LogP contribution in [-0.2, 0) is 11.2 Å². The third-order valence-electron chi connectivity index (χ3n) is 3.94. The molecule has 0 radical (unpaired) electrons. The molecule has 2 heterocycles. The van der Waals surface area contributed by atoms with E-state index in [1.807, 2.05) is 0 Å². The lowest BCUT2D eigenvalue weighted by Crippen LogP contribution is -2.46. The molecule has 4 N–H and O–H groups in total. The number of anilines is 1. The summed E-state index contributed by atoms with van der Waals surface area (Å²) in [5, 5.41) is 0. The number of halogens is 3. The summed E-state index contributed by atoms with van der Waals surface area (Å²) in [5.41, 5.74) is 12.3. The molecule has 1 aromatic rings. The highest BCUT2D eigenvalue weighted by molar-refractivity contribution is 5.85. The molecule has 1 amide bonds. The van der Waals surface area contributed by atoms with Gasteiger partial charge in [-0.2, -0.15) is 8.78 Å². The van der Waals surface area contributed by atoms with Gasteiger partial charge in [-0.1, -0.05) is 0 Å². The fourth-order valence-electron chi connectivity index (χ4n) is 2.54. The Labute approximate surface area is 145 Å². The smallest absolute Gasteiger partial charge is 0.269 e. The maximum atomic E-state index is 12.5. The van der Waals surface area contributed by atoms with Gasteiger partial charge in [-0.05, 0) is 37.7 Å². The number of piperidine rings is 1. The molecule has 24 heavy (non-hydrogen) atoms. The Morgan fingerprint density at radius 2 is 1.92 bits per heavy atom. The average molecular weight is 362 g/mol. The topological polar surface area (TPSA) is 98.1 Å². The molecule has 1 unspecified atom stereocenters. The van der Waals surface area contributed by atoms with Crippen LogP contribution in [0.15, 0.2) is 24.0 Å². The first-order valence-corrected chi connectivity index (χ1v) is 7.61. The summed E-state index contributed by atoms with van der Waals surface area (Å²) >= 11 is 0. The summed E-state index contributed by atoms with van der Waals surface area (Å²) in [7, 11) is 0. The third-order valence-corrected chi connectivity index (χ3v) is 3.94. The summed E-state index contributed by atoms with van der Waals surface area (Å²) < 4.78 is 25.0. The molecule has 1 atom stereocenters. The first-order chi connectivity index (χ1) is 11.0. The molecule has 0 spiro atoms. The highest BCUT2D eigenvalue weighted by Crippen LogP contribution is 2.22. The minimum atomic E-state index is -1.62. The van der Waals surface area contributed by atoms with Gasteiger partial charge in [0.25, 0.3) is 6.08 Å². The molecular weight excluding hydrogens is 340 g/mol. The van der Waals surface area contributed by atoms with Crippen molar-refractivity contribution in [2.75, 3.05) is 18.8 Å². The van der Waals surface area contributed by atoms with Crippen molar-refractivity contribution in [2.24, 2.45) is 5.73 Å². The molecule has 1 aromatic heterocycles. The van der Waals surface area contributed by atoms with E-state index in [1.54, 1.807) is 11.1 Å². The van der Waals surface area contributed by atoms with Crippen LogP contribution in [0.4, 0.5) is 14.6 Å². The van der Waals surface area contributed by atoms with Crippen molar-refractivity contribution in [3.05, 3.63) is 29.7 Å². The molecule has 1 aliphatic heterocycles. The fraction of sp³-hybridized carbons (Fsp3) is 0.533. The summed E-state index contributed by atoms with van der Waals surface area (Å²) in [6, 6.07) is -0.613. The van der Waals surface area contributed by atoms with Gasteiger partial charge >= 0.3 is 0 Å². The number of nitrogens with zero attached hydrogens (tertiary/aromatic N) is 3. The number of carbonyl (C=O) groups excluding carboxylic acids is 1. The highest BCUT2D eigenvalue weighted by Gasteiger charge is 2.25. The van der Waals surface area contributed by atoms with Crippen molar-refractivity contribution in [3.63, 3.8) is 0 Å². The number of carbonyl (C=O) groups is 1. The van der Waals surface area contributed by atoms with Crippen LogP contribution in [0.5, 0.6) is 0 Å². The summed E-state index contributed by atoms with van der Waals surface area (Å²) in [4.78, 5) is 21.9. The van der Waals surface area contributed by atoms with Gasteiger partial charge in [-0.15, -0.1) is 12.4 Å². The molecule has 0 bridgehead atoms. The maximum absolute atomic E-state index is 12.5. The van der Waals surface area contributed by atoms with E-state index in [-0.39, 0.29) is 36.7 Å². The van der Waals surface area contributed by atoms with Gasteiger partial charge in [-0.25, -0.2) is 4.98 Å². The van der Waals surface area contributed by atoms with Gasteiger partial charge in [0.15, 0.2) is 0 Å². The van der Waals surface area contributed by atoms with E-state index in [2.05, 4.69) is 9.97 Å². The molecule has 134 valence electrons. The van der Waals surface area contributed by atoms with Crippen LogP contribution >= 0.6 is 12.4 Å². The van der Waals surface area contributed by atoms with Crippen molar-refractivity contribution in [1.82, 2.24) is 14.9 Å². The Morgan fingerprint density at radius 3 is 2.46 bits per heavy atom. The number of hydrogen-bond acceptors (Lipinski definition) is 5. The van der Waals surface area contributed by atoms with Gasteiger partial charge in [0, 0.05) is 13.1 Å². The quantitative estimate of drug-likeness (QED) is 0.834. The highest BCUT2D eigenvalue weighted by atomic mass is 35.5. The van der Waals surface area contributed by atoms with E-state index in [4.69, 9.17) is 11.5 Å². The van der Waals surface area contributed by atoms with Crippen molar-refractivity contribution in [1.29, 1.82) is 0 Å². The first kappa shape index (κ1) is 20.2. The number of rotatable bonds is 5. The second-order valence-corrected chi connectivity index (χ2v) is 5.62. The Morgan fingerprint density at radius 1 is 1.25 bits per heavy atom. The number of hydrogen-bond donors (Lipinski definition) is 2. The van der Waals surface area contributed by atoms with Crippen LogP contribution in [0, 0.1) is 0 Å². The van der Waals surface area contributed by atoms with E-state index in [0.29, 0.717) is 38.2 Å². The van der Waals surface area contributed by atoms with Crippen molar-refractivity contribution in [3.8, 4) is 0 Å². The van der Waals surface area contributed by atoms with E-state index in [1.165, 1.54) is 6.20 Å². The fourth-order valence-corrected chi connectivity index (χ4v) is 2.54. The monoisotopic (exact) mass is 361 g/mol. The molecule has 6 nitrogen and oxygen atoms in total. The number of nitrogen functional groups attached to an aromatic ring is 1. The second-order valence-electron chi connectivity index (χ2n) is 5.62. The lowest BCUT2D eigenvalue weighted by molar-refractivity contribution is -0.133. The van der Waals surface area contributed by atoms with Gasteiger partial charge in [0.05, 0.1) is 24.1 Å². The van der Waals surface area contributed by atoms with E-state index >= 15 is 0 Å². The SMILES string of the molecule is Cl.Nc1cnc(CCCC(N)C(=O)N2CCC(=C(F)F)CC2)cn1. The molecule has 0 saturated carbocycles. The van der Waals surface area contributed by atoms with Gasteiger partial charge in [0.1, 0.15) is 5.82 Å². The lowest BCUT2D eigenvalue weighted by Gasteiger charge is -2.30. The van der Waals surface area contributed by atoms with Crippen LogP contribution < -0.4 is 11.5 Å². The average Bonchev–Trinajstić information content (AvgIpc) is 2.56. The molecular formula is C15H22ClF2N5O. The Balaban J connectivity index is 0.00000288. The number of likely N-dealkylation sites (tertiary alicyclic amines) is 1. The molecule has 1 saturated heterocycles. The molecule has 0 aliphatic carbocycles. The van der Waals surface area contributed by atoms with Gasteiger partial charge < -0.3 is 16.4 Å². The molecule has 1 aliphatic rings. The standard InChI is InChI=1S/C15H21F2N5O.ClH/c16-14(17)10-4-6-22(7-5-10)15(23)12(18)3-1-2-11-8-21-13(19)9-20-11;/h8-9,12H,1-7,18H2,(H2,19,21);1H. The van der Waals surface area contributed by atoms with Crippen LogP contribution in [0.2, 0.25) is 0 Å². The lowest BCUT2D eigenvalue weighted by atomic mass is 10.0. The van der Waals surface area contributed by atoms with Crippen LogP contribution in [0.25, 0.3) is 0 Å².